The van der Waals surface area contributed by atoms with Crippen LogP contribution >= 0.6 is 0 Å². The molecule has 0 aromatic heterocycles. The van der Waals surface area contributed by atoms with E-state index in [0.717, 1.165) is 5.69 Å². The highest BCUT2D eigenvalue weighted by Gasteiger charge is 2.45. The molecular formula is C56H81N7O22S5. The van der Waals surface area contributed by atoms with Gasteiger partial charge in [-0.2, -0.15) is 42.1 Å². The van der Waals surface area contributed by atoms with Crippen LogP contribution in [0.4, 0.5) is 11.4 Å². The Morgan fingerprint density at radius 1 is 0.556 bits per heavy atom. The normalized spacial score (nSPS) is 23.3. The number of aliphatic carboxylic acids is 1. The second-order valence-electron chi connectivity index (χ2n) is 23.2. The van der Waals surface area contributed by atoms with Crippen LogP contribution < -0.4 is 36.4 Å². The lowest BCUT2D eigenvalue weighted by Gasteiger charge is -2.32. The van der Waals surface area contributed by atoms with Gasteiger partial charge in [-0.1, -0.05) is 63.8 Å². The lowest BCUT2D eigenvalue weighted by atomic mass is 9.77. The Hall–Kier alpha value is -6.37. The minimum Gasteiger partial charge on any atom is -0.481 e. The quantitative estimate of drug-likeness (QED) is 0.0956. The van der Waals surface area contributed by atoms with E-state index in [1.165, 1.54) is 24.3 Å². The molecular weight excluding hydrogens is 1280 g/mol. The summed E-state index contributed by atoms with van der Waals surface area (Å²) in [5.74, 6) is -11.3. The van der Waals surface area contributed by atoms with Gasteiger partial charge in [0.05, 0.1) is 15.8 Å². The molecule has 2 aromatic carbocycles. The molecule has 0 radical (unpaired) electrons. The molecule has 3 aliphatic heterocycles. The van der Waals surface area contributed by atoms with E-state index < -0.39 is 138 Å². The van der Waals surface area contributed by atoms with E-state index in [4.69, 9.17) is 0 Å². The summed E-state index contributed by atoms with van der Waals surface area (Å²) in [6.07, 6.45) is 14.0. The Labute approximate surface area is 525 Å². The van der Waals surface area contributed by atoms with Crippen molar-refractivity contribution in [1.29, 1.82) is 0 Å². The zero-order valence-electron chi connectivity index (χ0n) is 50.1. The number of nitrogens with zero attached hydrogens (tertiary/aromatic N) is 2. The molecule has 0 fully saturated rings. The summed E-state index contributed by atoms with van der Waals surface area (Å²) in [6.45, 7) is 6.68. The van der Waals surface area contributed by atoms with Gasteiger partial charge < -0.3 is 41.5 Å². The molecule has 3 heterocycles. The van der Waals surface area contributed by atoms with Crippen LogP contribution in [-0.4, -0.2) is 173 Å². The molecule has 5 amide bonds. The molecule has 5 rings (SSSR count). The molecule has 0 aliphatic carbocycles. The molecule has 502 valence electrons. The van der Waals surface area contributed by atoms with Crippen LogP contribution in [0.2, 0.25) is 0 Å². The van der Waals surface area contributed by atoms with E-state index in [1.54, 1.807) is 24.3 Å². The molecule has 0 saturated carbocycles. The molecule has 3 aliphatic rings. The van der Waals surface area contributed by atoms with Gasteiger partial charge in [0, 0.05) is 73.3 Å². The maximum atomic E-state index is 13.6. The van der Waals surface area contributed by atoms with Crippen LogP contribution in [0.3, 0.4) is 0 Å². The molecule has 0 saturated heterocycles. The van der Waals surface area contributed by atoms with Crippen LogP contribution in [0.5, 0.6) is 0 Å². The zero-order chi connectivity index (χ0) is 67.0. The Balaban J connectivity index is 1.51. The highest BCUT2D eigenvalue weighted by Crippen LogP contribution is 2.52. The molecule has 0 spiro atoms. The Kier molecular flexibility index (Phi) is 26.3. The van der Waals surface area contributed by atoms with Crippen LogP contribution in [0.25, 0.3) is 0 Å². The third-order valence-electron chi connectivity index (χ3n) is 15.8. The van der Waals surface area contributed by atoms with Crippen molar-refractivity contribution in [3.05, 3.63) is 83.6 Å². The fourth-order valence-electron chi connectivity index (χ4n) is 11.3. The van der Waals surface area contributed by atoms with Gasteiger partial charge in [0.25, 0.3) is 50.6 Å². The van der Waals surface area contributed by atoms with Crippen LogP contribution in [0.15, 0.2) is 82.3 Å². The van der Waals surface area contributed by atoms with Crippen molar-refractivity contribution in [1.82, 2.24) is 26.6 Å². The van der Waals surface area contributed by atoms with Gasteiger partial charge in [-0.3, -0.25) is 51.5 Å². The highest BCUT2D eigenvalue weighted by molar-refractivity contribution is 7.86. The summed E-state index contributed by atoms with van der Waals surface area (Å²) < 4.78 is 172. The van der Waals surface area contributed by atoms with Crippen LogP contribution in [0.1, 0.15) is 135 Å². The number of carboxylic acids is 1. The SMILES string of the molecule is CC12CCCCCC(=O)NC(CS(=O)(=O)O)C(=O)NC(CS(=O)(=O)O)C(=O)NC(CS(=O)(=O)O)C(=O)NCCCCCNC(=O)CCCCCN3c4ccc(S(=O)(=O)O)cc4C(C)(C)C3C=CC=CC=C1N(CCCCCC(=O)O)c1ccc(S(=O)(=O)O)cc12. The average Bonchev–Trinajstić information content (AvgIpc) is 1.59. The number of anilines is 2. The first-order valence-corrected chi connectivity index (χ1v) is 36.9. The third-order valence-corrected chi connectivity index (χ3v) is 19.8. The minimum atomic E-state index is -5.23. The maximum Gasteiger partial charge on any atom is 0.303 e. The molecule has 29 nitrogen and oxygen atoms in total. The van der Waals surface area contributed by atoms with Gasteiger partial charge in [0.1, 0.15) is 35.4 Å². The van der Waals surface area contributed by atoms with Gasteiger partial charge in [0.15, 0.2) is 0 Å². The molecule has 5 atom stereocenters. The number of hydrogen-bond donors (Lipinski definition) is 11. The summed E-state index contributed by atoms with van der Waals surface area (Å²) in [5.41, 5.74) is 1.42. The topological polar surface area (TPSA) is 461 Å². The van der Waals surface area contributed by atoms with E-state index in [2.05, 4.69) is 20.9 Å². The van der Waals surface area contributed by atoms with Gasteiger partial charge >= 0.3 is 5.97 Å². The Bertz CT molecular complexity index is 3650. The van der Waals surface area contributed by atoms with Crippen LogP contribution in [0, 0.1) is 0 Å². The van der Waals surface area contributed by atoms with Gasteiger partial charge in [-0.15, -0.1) is 0 Å². The number of nitrogens with one attached hydrogen (secondary N) is 5. The number of carboxylic acid groups (broad SMARTS) is 1. The van der Waals surface area contributed by atoms with E-state index in [0.29, 0.717) is 93.4 Å². The van der Waals surface area contributed by atoms with Gasteiger partial charge in [-0.05, 0) is 118 Å². The standard InChI is InChI=1S/C56H81N7O22S5/c1-55(2)40-33-38(89(80,81)82)24-26-45(40)62-31-17-6-12-21-49(64)57-29-15-8-16-30-58-52(68)42(35-86(71,72)73)60-54(70)44(37-88(77,78)79)61-53(69)43(36-87(74,75)76)59-50(65)22-11-5-14-28-56(3)41-34-39(90(83,84)85)25-27-46(41)63(32-18-7-13-23-51(66)67)48(56)20-10-4-9-19-47(55)62/h4,9-10,19-20,24-27,33-34,42-44,47H,5-8,11-18,21-23,28-32,35-37H2,1-3H3,(H,57,64)(H,58,68)(H,59,65)(H,60,70)(H,61,69)(H,66,67)(H,71,72,73)(H,74,75,76)(H,77,78,79)(H,80,81,82)(H,83,84,85). The number of hydrogen-bond acceptors (Lipinski definition) is 18. The monoisotopic (exact) mass is 1360 g/mol. The lowest BCUT2D eigenvalue weighted by molar-refractivity contribution is -0.137. The number of unbranched alkanes of at least 4 members (excludes halogenated alkanes) is 2. The highest BCUT2D eigenvalue weighted by atomic mass is 32.2. The van der Waals surface area contributed by atoms with Crippen molar-refractivity contribution < 1.29 is 98.7 Å². The summed E-state index contributed by atoms with van der Waals surface area (Å²) in [7, 11) is -24.8. The largest absolute Gasteiger partial charge is 0.481 e. The number of benzene rings is 2. The summed E-state index contributed by atoms with van der Waals surface area (Å²) in [4.78, 5) is 81.5. The van der Waals surface area contributed by atoms with Crippen molar-refractivity contribution >= 4 is 97.5 Å². The fourth-order valence-corrected chi connectivity index (χ4v) is 14.3. The summed E-state index contributed by atoms with van der Waals surface area (Å²) in [5, 5.41) is 20.3. The number of carbonyl (C=O) groups is 6. The fraction of sp³-hybridized carbons (Fsp3) is 0.571. The Morgan fingerprint density at radius 3 is 1.63 bits per heavy atom. The second kappa shape index (κ2) is 31.8. The first kappa shape index (κ1) is 74.4. The zero-order valence-corrected chi connectivity index (χ0v) is 54.2. The van der Waals surface area contributed by atoms with Gasteiger partial charge in [0.2, 0.25) is 29.5 Å². The predicted molar refractivity (Wildman–Crippen MR) is 330 cm³/mol. The summed E-state index contributed by atoms with van der Waals surface area (Å²) in [6, 6.07) is 1.40. The number of amides is 5. The Morgan fingerprint density at radius 2 is 1.07 bits per heavy atom. The molecule has 34 heteroatoms. The van der Waals surface area contributed by atoms with Crippen molar-refractivity contribution in [2.24, 2.45) is 0 Å². The first-order valence-electron chi connectivity index (χ1n) is 29.2. The van der Waals surface area contributed by atoms with Crippen LogP contribution in [-0.2, 0) is 90.2 Å². The van der Waals surface area contributed by atoms with E-state index in [9.17, 15) is 98.7 Å². The predicted octanol–water partition coefficient (Wildman–Crippen LogP) is 3.11. The van der Waals surface area contributed by atoms with Crippen molar-refractivity contribution in [3.63, 3.8) is 0 Å². The number of allylic oxidation sites excluding steroid dienone is 5. The first-order chi connectivity index (χ1) is 41.8. The number of fused-ring (bicyclic) bond motifs is 6. The number of rotatable bonds is 14. The summed E-state index contributed by atoms with van der Waals surface area (Å²) >= 11 is 0. The minimum absolute atomic E-state index is 0.0501. The van der Waals surface area contributed by atoms with Crippen molar-refractivity contribution in [2.45, 2.75) is 168 Å². The van der Waals surface area contributed by atoms with Crippen molar-refractivity contribution in [3.8, 4) is 0 Å². The lowest BCUT2D eigenvalue weighted by Crippen LogP contribution is -2.60. The van der Waals surface area contributed by atoms with Crippen molar-refractivity contribution in [2.75, 3.05) is 53.2 Å². The molecule has 11 N–H and O–H groups in total. The molecule has 2 aromatic rings. The average molecular weight is 1360 g/mol. The van der Waals surface area contributed by atoms with E-state index >= 15 is 0 Å². The molecule has 90 heavy (non-hydrogen) atoms. The molecule has 5 unspecified atom stereocenters. The third kappa shape index (κ3) is 22.5. The molecule has 0 bridgehead atoms. The van der Waals surface area contributed by atoms with E-state index in [1.807, 2.05) is 54.5 Å². The number of carbonyl (C=O) groups excluding carboxylic acids is 5. The maximum absolute atomic E-state index is 13.6. The van der Waals surface area contributed by atoms with E-state index in [-0.39, 0.29) is 68.5 Å². The second-order valence-corrected chi connectivity index (χ2v) is 30.6. The smallest absolute Gasteiger partial charge is 0.303 e. The van der Waals surface area contributed by atoms with Gasteiger partial charge in [-0.25, -0.2) is 0 Å².